The van der Waals surface area contributed by atoms with Gasteiger partial charge in [0, 0.05) is 28.4 Å². The molecule has 0 aliphatic rings. The first-order valence-corrected chi connectivity index (χ1v) is 7.06. The number of hydrogen-bond acceptors (Lipinski definition) is 2. The van der Waals surface area contributed by atoms with Crippen LogP contribution in [0.1, 0.15) is 13.8 Å². The lowest BCUT2D eigenvalue weighted by atomic mass is 10.1. The maximum Gasteiger partial charge on any atom is 0.258 e. The molecule has 0 spiro atoms. The SMILES string of the molecule is CC(C)NC(=O)COc1ccc2c(c1)[nH]c1ccccc12. The summed E-state index contributed by atoms with van der Waals surface area (Å²) < 4.78 is 5.54. The monoisotopic (exact) mass is 282 g/mol. The molecule has 4 heteroatoms. The molecular formula is C17H18N2O2. The van der Waals surface area contributed by atoms with E-state index in [0.29, 0.717) is 5.75 Å². The predicted molar refractivity (Wildman–Crippen MR) is 84.6 cm³/mol. The van der Waals surface area contributed by atoms with Crippen LogP contribution in [0, 0.1) is 0 Å². The van der Waals surface area contributed by atoms with Crippen molar-refractivity contribution in [2.75, 3.05) is 6.61 Å². The van der Waals surface area contributed by atoms with E-state index >= 15 is 0 Å². The van der Waals surface area contributed by atoms with E-state index < -0.39 is 0 Å². The van der Waals surface area contributed by atoms with Gasteiger partial charge < -0.3 is 15.0 Å². The number of carbonyl (C=O) groups is 1. The summed E-state index contributed by atoms with van der Waals surface area (Å²) in [6, 6.07) is 14.1. The van der Waals surface area contributed by atoms with Crippen LogP contribution in [0.2, 0.25) is 0 Å². The fraction of sp³-hybridized carbons (Fsp3) is 0.235. The number of aromatic nitrogens is 1. The van der Waals surface area contributed by atoms with Gasteiger partial charge in [0.15, 0.2) is 6.61 Å². The zero-order valence-electron chi connectivity index (χ0n) is 12.1. The second-order valence-electron chi connectivity index (χ2n) is 5.39. The molecule has 1 heterocycles. The normalized spacial score (nSPS) is 11.2. The predicted octanol–water partition coefficient (Wildman–Crippen LogP) is 3.22. The fourth-order valence-corrected chi connectivity index (χ4v) is 2.44. The molecule has 108 valence electrons. The van der Waals surface area contributed by atoms with Crippen molar-refractivity contribution in [1.29, 1.82) is 0 Å². The molecule has 0 bridgehead atoms. The van der Waals surface area contributed by atoms with Crippen LogP contribution < -0.4 is 10.1 Å². The molecular weight excluding hydrogens is 264 g/mol. The maximum atomic E-state index is 11.6. The van der Waals surface area contributed by atoms with Crippen molar-refractivity contribution in [1.82, 2.24) is 10.3 Å². The molecule has 0 radical (unpaired) electrons. The second-order valence-corrected chi connectivity index (χ2v) is 5.39. The van der Waals surface area contributed by atoms with Crippen molar-refractivity contribution in [2.45, 2.75) is 19.9 Å². The number of fused-ring (bicyclic) bond motifs is 3. The summed E-state index contributed by atoms with van der Waals surface area (Å²) in [6.45, 7) is 3.88. The van der Waals surface area contributed by atoms with E-state index in [9.17, 15) is 4.79 Å². The zero-order chi connectivity index (χ0) is 14.8. The van der Waals surface area contributed by atoms with Crippen molar-refractivity contribution in [3.63, 3.8) is 0 Å². The standard InChI is InChI=1S/C17H18N2O2/c1-11(2)18-17(20)10-21-12-7-8-14-13-5-3-4-6-15(13)19-16(14)9-12/h3-9,11,19H,10H2,1-2H3,(H,18,20). The van der Waals surface area contributed by atoms with E-state index in [1.807, 2.05) is 50.2 Å². The van der Waals surface area contributed by atoms with Crippen molar-refractivity contribution in [2.24, 2.45) is 0 Å². The molecule has 1 aromatic heterocycles. The van der Waals surface area contributed by atoms with Crippen LogP contribution in [0.5, 0.6) is 5.75 Å². The van der Waals surface area contributed by atoms with Crippen LogP contribution in [-0.2, 0) is 4.79 Å². The summed E-state index contributed by atoms with van der Waals surface area (Å²) in [4.78, 5) is 14.9. The molecule has 0 unspecified atom stereocenters. The fourth-order valence-electron chi connectivity index (χ4n) is 2.44. The molecule has 21 heavy (non-hydrogen) atoms. The number of rotatable bonds is 4. The van der Waals surface area contributed by atoms with Crippen LogP contribution in [0.3, 0.4) is 0 Å². The number of H-pyrrole nitrogens is 1. The first-order chi connectivity index (χ1) is 10.1. The van der Waals surface area contributed by atoms with Gasteiger partial charge in [-0.05, 0) is 32.0 Å². The summed E-state index contributed by atoms with van der Waals surface area (Å²) in [5, 5.41) is 5.15. The molecule has 0 saturated heterocycles. The molecule has 3 aromatic rings. The minimum atomic E-state index is -0.109. The average Bonchev–Trinajstić information content (AvgIpc) is 2.82. The van der Waals surface area contributed by atoms with E-state index in [1.54, 1.807) is 0 Å². The molecule has 3 rings (SSSR count). The lowest BCUT2D eigenvalue weighted by Gasteiger charge is -2.09. The van der Waals surface area contributed by atoms with Gasteiger partial charge in [-0.2, -0.15) is 0 Å². The molecule has 2 N–H and O–H groups in total. The topological polar surface area (TPSA) is 54.1 Å². The van der Waals surface area contributed by atoms with Gasteiger partial charge in [-0.25, -0.2) is 0 Å². The Balaban J connectivity index is 1.81. The number of hydrogen-bond donors (Lipinski definition) is 2. The molecule has 1 amide bonds. The van der Waals surface area contributed by atoms with E-state index in [4.69, 9.17) is 4.74 Å². The molecule has 0 aliphatic heterocycles. The molecule has 4 nitrogen and oxygen atoms in total. The van der Waals surface area contributed by atoms with Crippen molar-refractivity contribution >= 4 is 27.7 Å². The van der Waals surface area contributed by atoms with Crippen molar-refractivity contribution in [3.8, 4) is 5.75 Å². The highest BCUT2D eigenvalue weighted by atomic mass is 16.5. The third kappa shape index (κ3) is 2.84. The van der Waals surface area contributed by atoms with Gasteiger partial charge in [-0.3, -0.25) is 4.79 Å². The Hall–Kier alpha value is -2.49. The highest BCUT2D eigenvalue weighted by Gasteiger charge is 2.07. The number of amides is 1. The maximum absolute atomic E-state index is 11.6. The van der Waals surface area contributed by atoms with E-state index in [2.05, 4.69) is 16.4 Å². The Morgan fingerprint density at radius 1 is 1.14 bits per heavy atom. The Bertz CT molecular complexity index is 790. The molecule has 0 atom stereocenters. The van der Waals surface area contributed by atoms with Crippen LogP contribution >= 0.6 is 0 Å². The third-order valence-corrected chi connectivity index (χ3v) is 3.30. The van der Waals surface area contributed by atoms with E-state index in [1.165, 1.54) is 5.39 Å². The Labute approximate surface area is 123 Å². The van der Waals surface area contributed by atoms with Gasteiger partial charge >= 0.3 is 0 Å². The van der Waals surface area contributed by atoms with Crippen LogP contribution in [0.4, 0.5) is 0 Å². The Morgan fingerprint density at radius 2 is 1.90 bits per heavy atom. The minimum absolute atomic E-state index is 0.0317. The van der Waals surface area contributed by atoms with Gasteiger partial charge in [0.2, 0.25) is 0 Å². The largest absolute Gasteiger partial charge is 0.484 e. The van der Waals surface area contributed by atoms with Gasteiger partial charge in [-0.1, -0.05) is 18.2 Å². The van der Waals surface area contributed by atoms with Crippen LogP contribution in [-0.4, -0.2) is 23.5 Å². The number of benzene rings is 2. The molecule has 0 fully saturated rings. The lowest BCUT2D eigenvalue weighted by molar-refractivity contribution is -0.123. The lowest BCUT2D eigenvalue weighted by Crippen LogP contribution is -2.34. The van der Waals surface area contributed by atoms with E-state index in [0.717, 1.165) is 16.4 Å². The zero-order valence-corrected chi connectivity index (χ0v) is 12.1. The van der Waals surface area contributed by atoms with Gasteiger partial charge in [0.05, 0.1) is 5.52 Å². The summed E-state index contributed by atoms with van der Waals surface area (Å²) in [5.74, 6) is 0.578. The quantitative estimate of drug-likeness (QED) is 0.772. The number of nitrogens with one attached hydrogen (secondary N) is 2. The smallest absolute Gasteiger partial charge is 0.258 e. The van der Waals surface area contributed by atoms with Crippen molar-refractivity contribution < 1.29 is 9.53 Å². The summed E-state index contributed by atoms with van der Waals surface area (Å²) in [5.41, 5.74) is 2.11. The van der Waals surface area contributed by atoms with Crippen LogP contribution in [0.15, 0.2) is 42.5 Å². The molecule has 0 saturated carbocycles. The van der Waals surface area contributed by atoms with Gasteiger partial charge in [0.1, 0.15) is 5.75 Å². The van der Waals surface area contributed by atoms with E-state index in [-0.39, 0.29) is 18.6 Å². The number of para-hydroxylation sites is 1. The summed E-state index contributed by atoms with van der Waals surface area (Å²) in [6.07, 6.45) is 0. The summed E-state index contributed by atoms with van der Waals surface area (Å²) in [7, 11) is 0. The molecule has 2 aromatic carbocycles. The average molecular weight is 282 g/mol. The Morgan fingerprint density at radius 3 is 2.71 bits per heavy atom. The second kappa shape index (κ2) is 5.48. The van der Waals surface area contributed by atoms with Gasteiger partial charge in [0.25, 0.3) is 5.91 Å². The van der Waals surface area contributed by atoms with Crippen molar-refractivity contribution in [3.05, 3.63) is 42.5 Å². The molecule has 0 aliphatic carbocycles. The third-order valence-electron chi connectivity index (χ3n) is 3.30. The number of ether oxygens (including phenoxy) is 1. The first kappa shape index (κ1) is 13.5. The van der Waals surface area contributed by atoms with Crippen LogP contribution in [0.25, 0.3) is 21.8 Å². The summed E-state index contributed by atoms with van der Waals surface area (Å²) >= 11 is 0. The van der Waals surface area contributed by atoms with Gasteiger partial charge in [-0.15, -0.1) is 0 Å². The highest BCUT2D eigenvalue weighted by molar-refractivity contribution is 6.07. The first-order valence-electron chi connectivity index (χ1n) is 7.06. The minimum Gasteiger partial charge on any atom is -0.484 e. The highest BCUT2D eigenvalue weighted by Crippen LogP contribution is 2.28. The number of aromatic amines is 1. The Kier molecular flexibility index (Phi) is 3.52. The number of carbonyl (C=O) groups excluding carboxylic acids is 1.